The number of amides is 1. The van der Waals surface area contributed by atoms with Crippen LogP contribution in [-0.4, -0.2) is 45.8 Å². The Bertz CT molecular complexity index is 332. The molecule has 0 bridgehead atoms. The van der Waals surface area contributed by atoms with Gasteiger partial charge in [-0.3, -0.25) is 0 Å². The number of likely N-dealkylation sites (tertiary alicyclic amines) is 1. The van der Waals surface area contributed by atoms with Gasteiger partial charge in [0, 0.05) is 17.5 Å². The first-order chi connectivity index (χ1) is 8.84. The molecule has 0 N–H and O–H groups in total. The smallest absolute Gasteiger partial charge is 0.410 e. The second kappa shape index (κ2) is 5.76. The van der Waals surface area contributed by atoms with Crippen LogP contribution in [0.2, 0.25) is 0 Å². The quantitative estimate of drug-likeness (QED) is 0.517. The van der Waals surface area contributed by atoms with Crippen molar-refractivity contribution in [3.05, 3.63) is 0 Å². The Hall–Kier alpha value is -0.0400. The van der Waals surface area contributed by atoms with Gasteiger partial charge in [-0.15, -0.1) is 0 Å². The van der Waals surface area contributed by atoms with Crippen LogP contribution in [0, 0.1) is 0 Å². The lowest BCUT2D eigenvalue weighted by molar-refractivity contribution is -0.0708. The van der Waals surface area contributed by atoms with Crippen molar-refractivity contribution in [1.82, 2.24) is 4.90 Å². The Morgan fingerprint density at radius 1 is 1.37 bits per heavy atom. The van der Waals surface area contributed by atoms with E-state index in [4.69, 9.17) is 9.47 Å². The summed E-state index contributed by atoms with van der Waals surface area (Å²) in [4.78, 5) is 13.8. The van der Waals surface area contributed by atoms with Crippen molar-refractivity contribution in [3.8, 4) is 0 Å². The number of piperidine rings is 1. The van der Waals surface area contributed by atoms with E-state index in [0.29, 0.717) is 6.10 Å². The average Bonchev–Trinajstić information content (AvgIpc) is 2.71. The molecule has 0 aliphatic carbocycles. The molecule has 4 nitrogen and oxygen atoms in total. The van der Waals surface area contributed by atoms with Crippen LogP contribution >= 0.6 is 22.6 Å². The lowest BCUT2D eigenvalue weighted by Crippen LogP contribution is -2.48. The molecule has 0 radical (unpaired) electrons. The van der Waals surface area contributed by atoms with Crippen LogP contribution in [-0.2, 0) is 9.47 Å². The molecule has 0 saturated carbocycles. The molecular weight excluding hydrogens is 357 g/mol. The van der Waals surface area contributed by atoms with Crippen LogP contribution < -0.4 is 0 Å². The van der Waals surface area contributed by atoms with Crippen LogP contribution in [0.25, 0.3) is 0 Å². The van der Waals surface area contributed by atoms with E-state index >= 15 is 0 Å². The van der Waals surface area contributed by atoms with E-state index in [1.165, 1.54) is 0 Å². The monoisotopic (exact) mass is 381 g/mol. The number of carbonyl (C=O) groups is 1. The van der Waals surface area contributed by atoms with Gasteiger partial charge in [-0.05, 0) is 46.5 Å². The number of ether oxygens (including phenoxy) is 2. The van der Waals surface area contributed by atoms with Gasteiger partial charge in [-0.1, -0.05) is 22.6 Å². The summed E-state index contributed by atoms with van der Waals surface area (Å²) in [6.07, 6.45) is 4.41. The van der Waals surface area contributed by atoms with Crippen LogP contribution in [0.5, 0.6) is 0 Å². The van der Waals surface area contributed by atoms with Gasteiger partial charge in [0.2, 0.25) is 0 Å². The highest BCUT2D eigenvalue weighted by atomic mass is 127. The molecule has 0 aromatic carbocycles. The summed E-state index contributed by atoms with van der Waals surface area (Å²) in [6.45, 7) is 7.22. The first-order valence-electron chi connectivity index (χ1n) is 7.05. The second-order valence-electron chi connectivity index (χ2n) is 6.58. The fourth-order valence-corrected chi connectivity index (χ4v) is 3.42. The number of nitrogens with zero attached hydrogens (tertiary/aromatic N) is 1. The normalized spacial score (nSPS) is 26.7. The van der Waals surface area contributed by atoms with Crippen molar-refractivity contribution in [2.24, 2.45) is 0 Å². The van der Waals surface area contributed by atoms with Gasteiger partial charge < -0.3 is 14.4 Å². The molecule has 19 heavy (non-hydrogen) atoms. The van der Waals surface area contributed by atoms with Crippen LogP contribution in [0.3, 0.4) is 0 Å². The summed E-state index contributed by atoms with van der Waals surface area (Å²) in [7, 11) is 0. The van der Waals surface area contributed by atoms with Crippen LogP contribution in [0.1, 0.15) is 46.5 Å². The topological polar surface area (TPSA) is 38.8 Å². The molecule has 2 saturated heterocycles. The molecular formula is C14H24INO3. The van der Waals surface area contributed by atoms with Crippen molar-refractivity contribution in [1.29, 1.82) is 0 Å². The zero-order valence-corrected chi connectivity index (χ0v) is 14.2. The lowest BCUT2D eigenvalue weighted by atomic mass is 9.89. The summed E-state index contributed by atoms with van der Waals surface area (Å²) in [5, 5.41) is 0. The second-order valence-corrected chi connectivity index (χ2v) is 7.46. The van der Waals surface area contributed by atoms with Crippen molar-refractivity contribution in [2.45, 2.75) is 63.8 Å². The third-order valence-electron chi connectivity index (χ3n) is 3.84. The van der Waals surface area contributed by atoms with Crippen molar-refractivity contribution in [2.75, 3.05) is 17.5 Å². The fraction of sp³-hybridized carbons (Fsp3) is 0.929. The number of rotatable bonds is 1. The van der Waals surface area contributed by atoms with E-state index in [2.05, 4.69) is 22.6 Å². The molecule has 5 heteroatoms. The maximum absolute atomic E-state index is 12.0. The Labute approximate surface area is 129 Å². The molecule has 0 aromatic heterocycles. The third-order valence-corrected chi connectivity index (χ3v) is 4.82. The van der Waals surface area contributed by atoms with Crippen molar-refractivity contribution in [3.63, 3.8) is 0 Å². The fourth-order valence-electron chi connectivity index (χ4n) is 2.80. The van der Waals surface area contributed by atoms with Crippen LogP contribution in [0.4, 0.5) is 4.79 Å². The van der Waals surface area contributed by atoms with E-state index in [1.54, 1.807) is 0 Å². The maximum Gasteiger partial charge on any atom is 0.410 e. The molecule has 1 spiro atoms. The lowest BCUT2D eigenvalue weighted by Gasteiger charge is -2.39. The van der Waals surface area contributed by atoms with Gasteiger partial charge in [0.05, 0.1) is 11.7 Å². The van der Waals surface area contributed by atoms with Gasteiger partial charge in [-0.25, -0.2) is 4.79 Å². The molecule has 2 fully saturated rings. The highest BCUT2D eigenvalue weighted by molar-refractivity contribution is 14.1. The molecule has 1 amide bonds. The molecule has 110 valence electrons. The number of carbonyl (C=O) groups excluding carboxylic acids is 1. The standard InChI is InChI=1S/C14H24INO3/c1-13(2,3)19-12(17)16-8-6-14(7-9-16)5-4-11(10-15)18-14/h11H,4-10H2,1-3H3. The molecule has 0 aromatic rings. The minimum atomic E-state index is -0.414. The van der Waals surface area contributed by atoms with Gasteiger partial charge in [0.1, 0.15) is 5.60 Å². The largest absolute Gasteiger partial charge is 0.444 e. The van der Waals surface area contributed by atoms with E-state index in [0.717, 1.165) is 43.2 Å². The number of alkyl halides is 1. The maximum atomic E-state index is 12.0. The highest BCUT2D eigenvalue weighted by Crippen LogP contribution is 2.39. The Morgan fingerprint density at radius 2 is 2.00 bits per heavy atom. The minimum Gasteiger partial charge on any atom is -0.444 e. The number of hydrogen-bond acceptors (Lipinski definition) is 3. The third kappa shape index (κ3) is 3.97. The van der Waals surface area contributed by atoms with Gasteiger partial charge in [-0.2, -0.15) is 0 Å². The van der Waals surface area contributed by atoms with Crippen molar-refractivity contribution < 1.29 is 14.3 Å². The first kappa shape index (κ1) is 15.4. The van der Waals surface area contributed by atoms with Gasteiger partial charge in [0.15, 0.2) is 0 Å². The Morgan fingerprint density at radius 3 is 2.47 bits per heavy atom. The molecule has 1 unspecified atom stereocenters. The summed E-state index contributed by atoms with van der Waals surface area (Å²) >= 11 is 2.39. The molecule has 2 rings (SSSR count). The summed E-state index contributed by atoms with van der Waals surface area (Å²) in [6, 6.07) is 0. The molecule has 2 aliphatic heterocycles. The minimum absolute atomic E-state index is 0.0361. The number of hydrogen-bond donors (Lipinski definition) is 0. The Kier molecular flexibility index (Phi) is 4.65. The predicted molar refractivity (Wildman–Crippen MR) is 82.8 cm³/mol. The first-order valence-corrected chi connectivity index (χ1v) is 8.58. The van der Waals surface area contributed by atoms with E-state index in [9.17, 15) is 4.79 Å². The molecule has 2 aliphatic rings. The summed E-state index contributed by atoms with van der Waals surface area (Å²) < 4.78 is 12.7. The SMILES string of the molecule is CC(C)(C)OC(=O)N1CCC2(CCC(CI)O2)CC1. The van der Waals surface area contributed by atoms with Gasteiger partial charge >= 0.3 is 6.09 Å². The summed E-state index contributed by atoms with van der Waals surface area (Å²) in [5.74, 6) is 0. The van der Waals surface area contributed by atoms with E-state index in [1.807, 2.05) is 25.7 Å². The van der Waals surface area contributed by atoms with E-state index < -0.39 is 5.60 Å². The average molecular weight is 381 g/mol. The van der Waals surface area contributed by atoms with Crippen LogP contribution in [0.15, 0.2) is 0 Å². The molecule has 1 atom stereocenters. The summed E-state index contributed by atoms with van der Waals surface area (Å²) in [5.41, 5.74) is -0.378. The predicted octanol–water partition coefficient (Wildman–Crippen LogP) is 3.37. The highest BCUT2D eigenvalue weighted by Gasteiger charge is 2.43. The van der Waals surface area contributed by atoms with Gasteiger partial charge in [0.25, 0.3) is 0 Å². The number of halogens is 1. The zero-order chi connectivity index (χ0) is 14.1. The van der Waals surface area contributed by atoms with E-state index in [-0.39, 0.29) is 11.7 Å². The Balaban J connectivity index is 1.84. The van der Waals surface area contributed by atoms with Crippen molar-refractivity contribution >= 4 is 28.7 Å². The molecule has 2 heterocycles. The zero-order valence-electron chi connectivity index (χ0n) is 12.1.